The molecule has 2 aliphatic rings. The molecule has 2 fully saturated rings. The molecule has 1 N–H and O–H groups in total. The summed E-state index contributed by atoms with van der Waals surface area (Å²) >= 11 is 0. The molecule has 21 heavy (non-hydrogen) atoms. The van der Waals surface area contributed by atoms with E-state index in [0.717, 1.165) is 12.8 Å². The van der Waals surface area contributed by atoms with E-state index in [4.69, 9.17) is 4.52 Å². The molecule has 3 amide bonds. The van der Waals surface area contributed by atoms with E-state index < -0.39 is 5.54 Å². The van der Waals surface area contributed by atoms with Gasteiger partial charge in [-0.2, -0.15) is 4.98 Å². The average Bonchev–Trinajstić information content (AvgIpc) is 3.07. The summed E-state index contributed by atoms with van der Waals surface area (Å²) in [7, 11) is 0. The number of nitrogens with one attached hydrogen (secondary N) is 1. The maximum atomic E-state index is 12.5. The van der Waals surface area contributed by atoms with Crippen LogP contribution in [0.5, 0.6) is 0 Å². The Morgan fingerprint density at radius 1 is 1.29 bits per heavy atom. The Labute approximate surface area is 123 Å². The quantitative estimate of drug-likeness (QED) is 0.839. The van der Waals surface area contributed by atoms with Gasteiger partial charge in [0.25, 0.3) is 5.91 Å². The number of carbonyl (C=O) groups is 2. The van der Waals surface area contributed by atoms with Crippen molar-refractivity contribution in [3.63, 3.8) is 0 Å². The van der Waals surface area contributed by atoms with Crippen LogP contribution in [0.4, 0.5) is 4.79 Å². The summed E-state index contributed by atoms with van der Waals surface area (Å²) in [5.41, 5.74) is -0.942. The number of amides is 3. The van der Waals surface area contributed by atoms with E-state index in [2.05, 4.69) is 15.5 Å². The van der Waals surface area contributed by atoms with Crippen molar-refractivity contribution >= 4 is 11.9 Å². The molecule has 0 radical (unpaired) electrons. The zero-order chi connectivity index (χ0) is 15.3. The lowest BCUT2D eigenvalue weighted by molar-refractivity contribution is -0.131. The first-order valence-corrected chi connectivity index (χ1v) is 7.29. The number of nitrogens with zero attached hydrogens (tertiary/aromatic N) is 3. The third kappa shape index (κ3) is 2.30. The van der Waals surface area contributed by atoms with E-state index in [1.807, 2.05) is 20.8 Å². The van der Waals surface area contributed by atoms with Crippen molar-refractivity contribution in [1.29, 1.82) is 0 Å². The molecule has 0 bridgehead atoms. The van der Waals surface area contributed by atoms with Crippen LogP contribution in [0.25, 0.3) is 0 Å². The van der Waals surface area contributed by atoms with Crippen LogP contribution in [0, 0.1) is 0 Å². The third-order valence-corrected chi connectivity index (χ3v) is 4.11. The first kappa shape index (κ1) is 14.0. The van der Waals surface area contributed by atoms with Gasteiger partial charge in [0.15, 0.2) is 5.82 Å². The topological polar surface area (TPSA) is 88.3 Å². The van der Waals surface area contributed by atoms with E-state index in [-0.39, 0.29) is 23.9 Å². The van der Waals surface area contributed by atoms with E-state index >= 15 is 0 Å². The minimum absolute atomic E-state index is 0.0615. The summed E-state index contributed by atoms with van der Waals surface area (Å²) in [4.78, 5) is 30.0. The van der Waals surface area contributed by atoms with Gasteiger partial charge < -0.3 is 9.84 Å². The monoisotopic (exact) mass is 292 g/mol. The van der Waals surface area contributed by atoms with Gasteiger partial charge in [0, 0.05) is 5.41 Å². The Morgan fingerprint density at radius 3 is 2.52 bits per heavy atom. The molecule has 1 aliphatic heterocycles. The number of urea groups is 1. The van der Waals surface area contributed by atoms with Crippen molar-refractivity contribution in [1.82, 2.24) is 20.4 Å². The molecule has 0 aromatic carbocycles. The summed E-state index contributed by atoms with van der Waals surface area (Å²) in [6, 6.07) is -0.357. The van der Waals surface area contributed by atoms with Crippen LogP contribution in [0.3, 0.4) is 0 Å². The van der Waals surface area contributed by atoms with Crippen molar-refractivity contribution in [2.24, 2.45) is 0 Å². The molecule has 1 saturated heterocycles. The number of hydrogen-bond acceptors (Lipinski definition) is 5. The molecule has 1 aliphatic carbocycles. The van der Waals surface area contributed by atoms with Gasteiger partial charge in [0.1, 0.15) is 5.54 Å². The van der Waals surface area contributed by atoms with Crippen LogP contribution in [-0.4, -0.2) is 32.5 Å². The van der Waals surface area contributed by atoms with Gasteiger partial charge in [-0.25, -0.2) is 4.79 Å². The van der Waals surface area contributed by atoms with Gasteiger partial charge >= 0.3 is 6.03 Å². The summed E-state index contributed by atoms with van der Waals surface area (Å²) in [5.74, 6) is 0.700. The van der Waals surface area contributed by atoms with Crippen molar-refractivity contribution in [2.75, 3.05) is 0 Å². The summed E-state index contributed by atoms with van der Waals surface area (Å²) in [6.07, 6.45) is 3.37. The van der Waals surface area contributed by atoms with Crippen molar-refractivity contribution in [3.8, 4) is 0 Å². The Morgan fingerprint density at radius 2 is 1.95 bits per heavy atom. The summed E-state index contributed by atoms with van der Waals surface area (Å²) in [6.45, 7) is 5.95. The van der Waals surface area contributed by atoms with Crippen LogP contribution in [-0.2, 0) is 16.8 Å². The maximum Gasteiger partial charge on any atom is 0.325 e. The zero-order valence-electron chi connectivity index (χ0n) is 12.6. The molecule has 1 aromatic rings. The molecule has 0 unspecified atom stereocenters. The van der Waals surface area contributed by atoms with Crippen LogP contribution < -0.4 is 5.32 Å². The first-order valence-electron chi connectivity index (χ1n) is 7.29. The largest absolute Gasteiger partial charge is 0.339 e. The number of hydrogen-bond donors (Lipinski definition) is 1. The number of imide groups is 1. The lowest BCUT2D eigenvalue weighted by Crippen LogP contribution is -2.44. The first-order chi connectivity index (χ1) is 9.82. The predicted octanol–water partition coefficient (Wildman–Crippen LogP) is 1.73. The highest BCUT2D eigenvalue weighted by molar-refractivity contribution is 6.07. The van der Waals surface area contributed by atoms with E-state index in [1.54, 1.807) is 0 Å². The maximum absolute atomic E-state index is 12.5. The summed E-state index contributed by atoms with van der Waals surface area (Å²) in [5, 5.41) is 6.71. The molecular formula is C14H20N4O3. The Balaban J connectivity index is 1.77. The standard InChI is InChI=1S/C14H20N4O3/c1-13(2,3)10-15-9(17-21-10)8-18-11(19)14(16-12(18)20)6-4-5-7-14/h4-8H2,1-3H3,(H,16,20). The summed E-state index contributed by atoms with van der Waals surface area (Å²) < 4.78 is 5.20. The fourth-order valence-electron chi connectivity index (χ4n) is 2.90. The molecule has 1 aromatic heterocycles. The van der Waals surface area contributed by atoms with Crippen molar-refractivity contribution in [2.45, 2.75) is 64.0 Å². The smallest absolute Gasteiger partial charge is 0.325 e. The number of rotatable bonds is 2. The SMILES string of the molecule is CC(C)(C)c1nc(CN2C(=O)NC3(CCCC3)C2=O)no1. The fraction of sp³-hybridized carbons (Fsp3) is 0.714. The molecule has 1 spiro atoms. The van der Waals surface area contributed by atoms with Gasteiger partial charge in [-0.15, -0.1) is 0 Å². The number of carbonyl (C=O) groups excluding carboxylic acids is 2. The highest BCUT2D eigenvalue weighted by Crippen LogP contribution is 2.35. The molecule has 2 heterocycles. The van der Waals surface area contributed by atoms with Crippen molar-refractivity contribution < 1.29 is 14.1 Å². The molecule has 7 heteroatoms. The Hall–Kier alpha value is -1.92. The van der Waals surface area contributed by atoms with E-state index in [0.29, 0.717) is 24.6 Å². The molecule has 114 valence electrons. The second kappa shape index (κ2) is 4.54. The second-order valence-electron chi connectivity index (χ2n) is 6.88. The Kier molecular flexibility index (Phi) is 3.04. The number of aromatic nitrogens is 2. The predicted molar refractivity (Wildman–Crippen MR) is 73.3 cm³/mol. The molecular weight excluding hydrogens is 272 g/mol. The van der Waals surface area contributed by atoms with E-state index in [1.165, 1.54) is 4.90 Å². The van der Waals surface area contributed by atoms with Gasteiger partial charge in [-0.05, 0) is 12.8 Å². The average molecular weight is 292 g/mol. The van der Waals surface area contributed by atoms with Crippen LogP contribution in [0.15, 0.2) is 4.52 Å². The van der Waals surface area contributed by atoms with Gasteiger partial charge in [-0.3, -0.25) is 9.69 Å². The minimum atomic E-state index is -0.687. The minimum Gasteiger partial charge on any atom is -0.339 e. The second-order valence-corrected chi connectivity index (χ2v) is 6.88. The molecule has 7 nitrogen and oxygen atoms in total. The highest BCUT2D eigenvalue weighted by atomic mass is 16.5. The van der Waals surface area contributed by atoms with Gasteiger partial charge in [0.05, 0.1) is 6.54 Å². The fourth-order valence-corrected chi connectivity index (χ4v) is 2.90. The lowest BCUT2D eigenvalue weighted by atomic mass is 9.97. The molecule has 3 rings (SSSR count). The van der Waals surface area contributed by atoms with Gasteiger partial charge in [0.2, 0.25) is 5.89 Å². The van der Waals surface area contributed by atoms with Crippen molar-refractivity contribution in [3.05, 3.63) is 11.7 Å². The third-order valence-electron chi connectivity index (χ3n) is 4.11. The van der Waals surface area contributed by atoms with Crippen LogP contribution in [0.1, 0.15) is 58.2 Å². The molecule has 1 saturated carbocycles. The Bertz CT molecular complexity index is 581. The van der Waals surface area contributed by atoms with Gasteiger partial charge in [-0.1, -0.05) is 38.8 Å². The lowest BCUT2D eigenvalue weighted by Gasteiger charge is -2.19. The highest BCUT2D eigenvalue weighted by Gasteiger charge is 2.52. The van der Waals surface area contributed by atoms with Crippen LogP contribution in [0.2, 0.25) is 0 Å². The normalized spacial score (nSPS) is 21.4. The zero-order valence-corrected chi connectivity index (χ0v) is 12.6. The molecule has 0 atom stereocenters. The van der Waals surface area contributed by atoms with Crippen LogP contribution >= 0.6 is 0 Å². The van der Waals surface area contributed by atoms with E-state index in [9.17, 15) is 9.59 Å².